The van der Waals surface area contributed by atoms with Gasteiger partial charge >= 0.3 is 0 Å². The van der Waals surface area contributed by atoms with Crippen LogP contribution in [0.15, 0.2) is 96.6 Å². The van der Waals surface area contributed by atoms with Crippen LogP contribution in [0.1, 0.15) is 18.1 Å². The molecule has 0 radical (unpaired) electrons. The van der Waals surface area contributed by atoms with Crippen LogP contribution in [0.3, 0.4) is 0 Å². The molecule has 0 spiro atoms. The molecule has 0 aliphatic carbocycles. The highest BCUT2D eigenvalue weighted by Gasteiger charge is 2.12. The van der Waals surface area contributed by atoms with Gasteiger partial charge in [-0.1, -0.05) is 60.7 Å². The van der Waals surface area contributed by atoms with Crippen molar-refractivity contribution in [2.24, 2.45) is 0 Å². The molecule has 4 aromatic carbocycles. The highest BCUT2D eigenvalue weighted by Crippen LogP contribution is 2.30. The van der Waals surface area contributed by atoms with E-state index in [1.54, 1.807) is 30.3 Å². The van der Waals surface area contributed by atoms with Crippen LogP contribution in [0.2, 0.25) is 0 Å². The zero-order valence-electron chi connectivity index (χ0n) is 18.8. The monoisotopic (exact) mass is 448 g/mol. The van der Waals surface area contributed by atoms with E-state index in [2.05, 4.69) is 5.32 Å². The summed E-state index contributed by atoms with van der Waals surface area (Å²) in [5.41, 5.74) is 2.44. The van der Waals surface area contributed by atoms with Gasteiger partial charge < -0.3 is 14.8 Å². The molecule has 0 heterocycles. The number of fused-ring (bicyclic) bond motifs is 1. The van der Waals surface area contributed by atoms with Crippen LogP contribution in [0.5, 0.6) is 11.5 Å². The van der Waals surface area contributed by atoms with Gasteiger partial charge in [0.25, 0.3) is 5.91 Å². The maximum absolute atomic E-state index is 12.8. The first kappa shape index (κ1) is 22.6. The summed E-state index contributed by atoms with van der Waals surface area (Å²) in [5, 5.41) is 14.3. The lowest BCUT2D eigenvalue weighted by molar-refractivity contribution is -0.112. The molecule has 0 saturated carbocycles. The molecule has 5 nitrogen and oxygen atoms in total. The van der Waals surface area contributed by atoms with E-state index >= 15 is 0 Å². The van der Waals surface area contributed by atoms with Gasteiger partial charge in [0.05, 0.1) is 6.61 Å². The van der Waals surface area contributed by atoms with Crippen molar-refractivity contribution in [3.05, 3.63) is 108 Å². The number of amides is 1. The number of nitriles is 1. The van der Waals surface area contributed by atoms with Crippen LogP contribution in [-0.4, -0.2) is 12.5 Å². The normalized spacial score (nSPS) is 11.0. The number of hydrogen-bond acceptors (Lipinski definition) is 4. The van der Waals surface area contributed by atoms with Crippen LogP contribution in [0.4, 0.5) is 5.69 Å². The molecule has 0 aliphatic heterocycles. The lowest BCUT2D eigenvalue weighted by Gasteiger charge is -2.10. The molecule has 4 aromatic rings. The van der Waals surface area contributed by atoms with Crippen molar-refractivity contribution in [2.75, 3.05) is 11.9 Å². The third-order valence-electron chi connectivity index (χ3n) is 5.24. The van der Waals surface area contributed by atoms with Gasteiger partial charge in [-0.05, 0) is 59.8 Å². The molecule has 168 valence electrons. The zero-order valence-corrected chi connectivity index (χ0v) is 18.8. The van der Waals surface area contributed by atoms with E-state index in [1.165, 1.54) is 0 Å². The van der Waals surface area contributed by atoms with E-state index in [-0.39, 0.29) is 5.57 Å². The van der Waals surface area contributed by atoms with E-state index in [1.807, 2.05) is 79.7 Å². The molecule has 0 bridgehead atoms. The summed E-state index contributed by atoms with van der Waals surface area (Å²) in [6, 6.07) is 30.5. The molecule has 4 rings (SSSR count). The molecule has 0 unspecified atom stereocenters. The van der Waals surface area contributed by atoms with Gasteiger partial charge in [0.15, 0.2) is 0 Å². The quantitative estimate of drug-likeness (QED) is 0.251. The van der Waals surface area contributed by atoms with E-state index in [0.717, 1.165) is 27.6 Å². The standard InChI is InChI=1S/C29H24N2O3/c1-2-33-28-17-12-22(26-10-6-7-11-27(26)28)18-23(19-30)29(32)31-24-13-15-25(16-14-24)34-20-21-8-4-3-5-9-21/h3-18H,2,20H2,1H3,(H,31,32)/b23-18+. The molecule has 1 N–H and O–H groups in total. The van der Waals surface area contributed by atoms with Gasteiger partial charge in [-0.2, -0.15) is 5.26 Å². The predicted molar refractivity (Wildman–Crippen MR) is 135 cm³/mol. The number of hydrogen-bond donors (Lipinski definition) is 1. The first-order valence-electron chi connectivity index (χ1n) is 11.0. The summed E-state index contributed by atoms with van der Waals surface area (Å²) in [6.45, 7) is 2.95. The molecule has 5 heteroatoms. The summed E-state index contributed by atoms with van der Waals surface area (Å²) >= 11 is 0. The Balaban J connectivity index is 1.48. The first-order valence-corrected chi connectivity index (χ1v) is 11.0. The Hall–Kier alpha value is -4.56. The predicted octanol–water partition coefficient (Wildman–Crippen LogP) is 6.36. The van der Waals surface area contributed by atoms with Gasteiger partial charge in [-0.15, -0.1) is 0 Å². The van der Waals surface area contributed by atoms with Crippen molar-refractivity contribution in [1.29, 1.82) is 5.26 Å². The van der Waals surface area contributed by atoms with Crippen molar-refractivity contribution >= 4 is 28.4 Å². The second-order valence-electron chi connectivity index (χ2n) is 7.55. The van der Waals surface area contributed by atoms with Crippen LogP contribution in [-0.2, 0) is 11.4 Å². The largest absolute Gasteiger partial charge is 0.493 e. The van der Waals surface area contributed by atoms with Crippen LogP contribution >= 0.6 is 0 Å². The third-order valence-corrected chi connectivity index (χ3v) is 5.24. The van der Waals surface area contributed by atoms with E-state index in [4.69, 9.17) is 9.47 Å². The molecular formula is C29H24N2O3. The van der Waals surface area contributed by atoms with Gasteiger partial charge in [0.1, 0.15) is 29.7 Å². The number of benzene rings is 4. The maximum Gasteiger partial charge on any atom is 0.266 e. The minimum Gasteiger partial charge on any atom is -0.493 e. The number of anilines is 1. The molecule has 1 amide bonds. The number of nitrogens with one attached hydrogen (secondary N) is 1. The number of rotatable bonds is 8. The van der Waals surface area contributed by atoms with Gasteiger partial charge in [0.2, 0.25) is 0 Å². The van der Waals surface area contributed by atoms with Gasteiger partial charge in [-0.3, -0.25) is 4.79 Å². The zero-order chi connectivity index (χ0) is 23.8. The van der Waals surface area contributed by atoms with E-state index in [9.17, 15) is 10.1 Å². The Morgan fingerprint density at radius 2 is 1.59 bits per heavy atom. The number of carbonyl (C=O) groups is 1. The Bertz CT molecular complexity index is 1350. The summed E-state index contributed by atoms with van der Waals surface area (Å²) in [7, 11) is 0. The van der Waals surface area contributed by atoms with Crippen LogP contribution in [0.25, 0.3) is 16.8 Å². The Morgan fingerprint density at radius 3 is 2.29 bits per heavy atom. The second-order valence-corrected chi connectivity index (χ2v) is 7.55. The fourth-order valence-corrected chi connectivity index (χ4v) is 3.58. The molecule has 0 atom stereocenters. The van der Waals surface area contributed by atoms with Crippen molar-refractivity contribution < 1.29 is 14.3 Å². The Kier molecular flexibility index (Phi) is 7.22. The van der Waals surface area contributed by atoms with Crippen molar-refractivity contribution in [1.82, 2.24) is 0 Å². The van der Waals surface area contributed by atoms with E-state index in [0.29, 0.717) is 24.7 Å². The maximum atomic E-state index is 12.8. The van der Waals surface area contributed by atoms with Crippen LogP contribution < -0.4 is 14.8 Å². The fraction of sp³-hybridized carbons (Fsp3) is 0.103. The van der Waals surface area contributed by atoms with Crippen molar-refractivity contribution in [3.8, 4) is 17.6 Å². The smallest absolute Gasteiger partial charge is 0.266 e. The average molecular weight is 449 g/mol. The highest BCUT2D eigenvalue weighted by atomic mass is 16.5. The summed E-state index contributed by atoms with van der Waals surface area (Å²) < 4.78 is 11.5. The number of nitrogens with zero attached hydrogens (tertiary/aromatic N) is 1. The van der Waals surface area contributed by atoms with Crippen LogP contribution in [0, 0.1) is 11.3 Å². The second kappa shape index (κ2) is 10.8. The number of ether oxygens (including phenoxy) is 2. The number of carbonyl (C=O) groups excluding carboxylic acids is 1. The van der Waals surface area contributed by atoms with Gasteiger partial charge in [-0.25, -0.2) is 0 Å². The van der Waals surface area contributed by atoms with Crippen molar-refractivity contribution in [2.45, 2.75) is 13.5 Å². The average Bonchev–Trinajstić information content (AvgIpc) is 2.88. The fourth-order valence-electron chi connectivity index (χ4n) is 3.58. The lowest BCUT2D eigenvalue weighted by atomic mass is 10.0. The Morgan fingerprint density at radius 1 is 0.882 bits per heavy atom. The third kappa shape index (κ3) is 5.43. The molecular weight excluding hydrogens is 424 g/mol. The highest BCUT2D eigenvalue weighted by molar-refractivity contribution is 6.11. The lowest BCUT2D eigenvalue weighted by Crippen LogP contribution is -2.13. The minimum absolute atomic E-state index is 0.0127. The SMILES string of the molecule is CCOc1ccc(/C=C(\C#N)C(=O)Nc2ccc(OCc3ccccc3)cc2)c2ccccc12. The molecule has 0 saturated heterocycles. The summed E-state index contributed by atoms with van der Waals surface area (Å²) in [5.74, 6) is 0.991. The topological polar surface area (TPSA) is 71.3 Å². The molecule has 0 aromatic heterocycles. The van der Waals surface area contributed by atoms with E-state index < -0.39 is 5.91 Å². The van der Waals surface area contributed by atoms with Crippen molar-refractivity contribution in [3.63, 3.8) is 0 Å². The van der Waals surface area contributed by atoms with Gasteiger partial charge in [0, 0.05) is 11.1 Å². The molecule has 0 fully saturated rings. The molecule has 0 aliphatic rings. The molecule has 34 heavy (non-hydrogen) atoms. The summed E-state index contributed by atoms with van der Waals surface area (Å²) in [6.07, 6.45) is 1.60. The summed E-state index contributed by atoms with van der Waals surface area (Å²) in [4.78, 5) is 12.8. The Labute approximate surface area is 198 Å². The minimum atomic E-state index is -0.474. The first-order chi connectivity index (χ1) is 16.7.